The van der Waals surface area contributed by atoms with E-state index in [2.05, 4.69) is 13.8 Å². The second kappa shape index (κ2) is 3.11. The molecule has 2 nitrogen and oxygen atoms in total. The summed E-state index contributed by atoms with van der Waals surface area (Å²) < 4.78 is 5.32. The highest BCUT2D eigenvalue weighted by Gasteiger charge is 2.41. The highest BCUT2D eigenvalue weighted by Crippen LogP contribution is 2.39. The van der Waals surface area contributed by atoms with Crippen molar-refractivity contribution in [3.8, 4) is 0 Å². The molecule has 0 aromatic heterocycles. The smallest absolute Gasteiger partial charge is 0.0593 e. The molecule has 2 heteroatoms. The van der Waals surface area contributed by atoms with E-state index in [1.165, 1.54) is 0 Å². The number of aliphatic hydroxyl groups excluding tert-OH is 1. The average molecular weight is 158 g/mol. The summed E-state index contributed by atoms with van der Waals surface area (Å²) in [6.07, 6.45) is 0.757. The summed E-state index contributed by atoms with van der Waals surface area (Å²) in [5.74, 6) is 0.505. The fraction of sp³-hybridized carbons (Fsp3) is 1.00. The van der Waals surface area contributed by atoms with E-state index in [-0.39, 0.29) is 11.5 Å². The second-order valence-electron chi connectivity index (χ2n) is 3.87. The molecule has 1 N–H and O–H groups in total. The van der Waals surface area contributed by atoms with Crippen molar-refractivity contribution in [2.75, 3.05) is 13.2 Å². The fourth-order valence-electron chi connectivity index (χ4n) is 1.86. The lowest BCUT2D eigenvalue weighted by Crippen LogP contribution is -2.38. The summed E-state index contributed by atoms with van der Waals surface area (Å²) in [6, 6.07) is 0. The third-order valence-electron chi connectivity index (χ3n) is 3.06. The van der Waals surface area contributed by atoms with Crippen LogP contribution in [0.4, 0.5) is 0 Å². The van der Waals surface area contributed by atoms with Crippen molar-refractivity contribution in [1.29, 1.82) is 0 Å². The summed E-state index contributed by atoms with van der Waals surface area (Å²) >= 11 is 0. The maximum Gasteiger partial charge on any atom is 0.0593 e. The lowest BCUT2D eigenvalue weighted by atomic mass is 9.73. The molecule has 0 aliphatic carbocycles. The molecular formula is C9H18O2. The van der Waals surface area contributed by atoms with Gasteiger partial charge in [-0.25, -0.2) is 0 Å². The Morgan fingerprint density at radius 3 is 2.18 bits per heavy atom. The van der Waals surface area contributed by atoms with Gasteiger partial charge >= 0.3 is 0 Å². The van der Waals surface area contributed by atoms with Crippen molar-refractivity contribution in [1.82, 2.24) is 0 Å². The van der Waals surface area contributed by atoms with Crippen LogP contribution in [0.2, 0.25) is 0 Å². The highest BCUT2D eigenvalue weighted by molar-refractivity contribution is 4.90. The maximum atomic E-state index is 9.59. The van der Waals surface area contributed by atoms with E-state index in [9.17, 15) is 5.11 Å². The summed E-state index contributed by atoms with van der Waals surface area (Å²) in [7, 11) is 0. The molecule has 0 spiro atoms. The van der Waals surface area contributed by atoms with Crippen LogP contribution in [0.1, 0.15) is 27.2 Å². The molecule has 0 radical (unpaired) electrons. The third kappa shape index (κ3) is 1.42. The van der Waals surface area contributed by atoms with Gasteiger partial charge < -0.3 is 9.84 Å². The molecule has 1 fully saturated rings. The van der Waals surface area contributed by atoms with Crippen LogP contribution >= 0.6 is 0 Å². The molecular weight excluding hydrogens is 140 g/mol. The Morgan fingerprint density at radius 1 is 1.36 bits per heavy atom. The van der Waals surface area contributed by atoms with Crippen LogP contribution in [0.15, 0.2) is 0 Å². The molecule has 11 heavy (non-hydrogen) atoms. The number of rotatable bonds is 2. The standard InChI is InChI=1S/C9H18O2/c1-7(2)9(8(3)10)4-5-11-6-9/h7-8,10H,4-6H2,1-3H3/t8-,9+/m0/s1. The Balaban J connectivity index is 2.70. The first-order valence-corrected chi connectivity index (χ1v) is 4.35. The Bertz CT molecular complexity index is 114. The second-order valence-corrected chi connectivity index (χ2v) is 3.87. The van der Waals surface area contributed by atoms with Gasteiger partial charge in [-0.1, -0.05) is 13.8 Å². The summed E-state index contributed by atoms with van der Waals surface area (Å²) in [5, 5.41) is 9.59. The molecule has 0 aromatic rings. The maximum absolute atomic E-state index is 9.59. The van der Waals surface area contributed by atoms with E-state index in [4.69, 9.17) is 4.74 Å². The Kier molecular flexibility index (Phi) is 2.55. The van der Waals surface area contributed by atoms with Gasteiger partial charge in [-0.2, -0.15) is 0 Å². The first-order valence-electron chi connectivity index (χ1n) is 4.35. The first kappa shape index (κ1) is 9.01. The number of aliphatic hydroxyl groups is 1. The molecule has 0 saturated carbocycles. The first-order chi connectivity index (χ1) is 5.09. The molecule has 1 aliphatic heterocycles. The van der Waals surface area contributed by atoms with E-state index in [1.54, 1.807) is 0 Å². The van der Waals surface area contributed by atoms with Gasteiger partial charge in [0.1, 0.15) is 0 Å². The fourth-order valence-corrected chi connectivity index (χ4v) is 1.86. The number of hydrogen-bond donors (Lipinski definition) is 1. The van der Waals surface area contributed by atoms with Gasteiger partial charge in [-0.05, 0) is 19.3 Å². The SMILES string of the molecule is CC(C)[C@@]1([C@H](C)O)CCOC1. The van der Waals surface area contributed by atoms with Crippen LogP contribution in [-0.4, -0.2) is 24.4 Å². The number of ether oxygens (including phenoxy) is 1. The molecule has 2 atom stereocenters. The van der Waals surface area contributed by atoms with Gasteiger partial charge in [0.15, 0.2) is 0 Å². The average Bonchev–Trinajstić information content (AvgIpc) is 2.34. The van der Waals surface area contributed by atoms with E-state index in [1.807, 2.05) is 6.92 Å². The molecule has 1 saturated heterocycles. The van der Waals surface area contributed by atoms with Gasteiger partial charge in [0.2, 0.25) is 0 Å². The van der Waals surface area contributed by atoms with Crippen molar-refractivity contribution >= 4 is 0 Å². The molecule has 1 heterocycles. The summed E-state index contributed by atoms with van der Waals surface area (Å²) in [6.45, 7) is 7.71. The minimum atomic E-state index is -0.245. The lowest BCUT2D eigenvalue weighted by molar-refractivity contribution is -0.00562. The summed E-state index contributed by atoms with van der Waals surface area (Å²) in [5.41, 5.74) is 0.0278. The summed E-state index contributed by atoms with van der Waals surface area (Å²) in [4.78, 5) is 0. The zero-order chi connectivity index (χ0) is 8.48. The predicted molar refractivity (Wildman–Crippen MR) is 44.4 cm³/mol. The third-order valence-corrected chi connectivity index (χ3v) is 3.06. The lowest BCUT2D eigenvalue weighted by Gasteiger charge is -2.34. The highest BCUT2D eigenvalue weighted by atomic mass is 16.5. The predicted octanol–water partition coefficient (Wildman–Crippen LogP) is 1.43. The zero-order valence-electron chi connectivity index (χ0n) is 7.63. The topological polar surface area (TPSA) is 29.5 Å². The Morgan fingerprint density at radius 2 is 2.00 bits per heavy atom. The minimum Gasteiger partial charge on any atom is -0.393 e. The largest absolute Gasteiger partial charge is 0.393 e. The van der Waals surface area contributed by atoms with Gasteiger partial charge in [0, 0.05) is 12.0 Å². The van der Waals surface area contributed by atoms with Crippen molar-refractivity contribution in [2.24, 2.45) is 11.3 Å². The Labute approximate surface area is 68.6 Å². The van der Waals surface area contributed by atoms with Crippen LogP contribution in [0, 0.1) is 11.3 Å². The molecule has 1 aliphatic rings. The van der Waals surface area contributed by atoms with Crippen LogP contribution in [0.5, 0.6) is 0 Å². The monoisotopic (exact) mass is 158 g/mol. The van der Waals surface area contributed by atoms with Crippen LogP contribution < -0.4 is 0 Å². The molecule has 1 rings (SSSR count). The van der Waals surface area contributed by atoms with Gasteiger partial charge in [-0.15, -0.1) is 0 Å². The van der Waals surface area contributed by atoms with Crippen molar-refractivity contribution in [3.63, 3.8) is 0 Å². The van der Waals surface area contributed by atoms with E-state index >= 15 is 0 Å². The molecule has 0 bridgehead atoms. The van der Waals surface area contributed by atoms with Gasteiger partial charge in [0.05, 0.1) is 12.7 Å². The number of hydrogen-bond acceptors (Lipinski definition) is 2. The van der Waals surface area contributed by atoms with Crippen molar-refractivity contribution in [3.05, 3.63) is 0 Å². The zero-order valence-corrected chi connectivity index (χ0v) is 7.63. The van der Waals surface area contributed by atoms with Gasteiger partial charge in [0.25, 0.3) is 0 Å². The molecule has 0 unspecified atom stereocenters. The molecule has 0 amide bonds. The van der Waals surface area contributed by atoms with Crippen molar-refractivity contribution in [2.45, 2.75) is 33.3 Å². The quantitative estimate of drug-likeness (QED) is 0.658. The van der Waals surface area contributed by atoms with Crippen LogP contribution in [0.3, 0.4) is 0 Å². The van der Waals surface area contributed by atoms with Crippen LogP contribution in [0.25, 0.3) is 0 Å². The normalized spacial score (nSPS) is 34.6. The van der Waals surface area contributed by atoms with Crippen LogP contribution in [-0.2, 0) is 4.74 Å². The van der Waals surface area contributed by atoms with Crippen molar-refractivity contribution < 1.29 is 9.84 Å². The minimum absolute atomic E-state index is 0.0278. The molecule has 66 valence electrons. The van der Waals surface area contributed by atoms with E-state index < -0.39 is 0 Å². The van der Waals surface area contributed by atoms with Gasteiger partial charge in [-0.3, -0.25) is 0 Å². The van der Waals surface area contributed by atoms with E-state index in [0.717, 1.165) is 19.6 Å². The molecule has 0 aromatic carbocycles. The Hall–Kier alpha value is -0.0800. The van der Waals surface area contributed by atoms with E-state index in [0.29, 0.717) is 5.92 Å².